The average molecular weight is 340 g/mol. The number of nitrogens with zero attached hydrogens (tertiary/aromatic N) is 2. The van der Waals surface area contributed by atoms with Gasteiger partial charge in [-0.05, 0) is 53.0 Å². The number of methoxy groups -OCH3 is 1. The second kappa shape index (κ2) is 5.10. The summed E-state index contributed by atoms with van der Waals surface area (Å²) < 4.78 is 6.17. The standard InChI is InChI=1S/C14H12BrClN2O/c1-19-12-5-4-9(16)6-10(12)11-7-13(15)18-14(17-11)8-2-3-8/h4-8H,2-3H2,1H3. The quantitative estimate of drug-likeness (QED) is 0.775. The summed E-state index contributed by atoms with van der Waals surface area (Å²) in [5.74, 6) is 2.16. The zero-order valence-corrected chi connectivity index (χ0v) is 12.7. The molecule has 98 valence electrons. The summed E-state index contributed by atoms with van der Waals surface area (Å²) in [4.78, 5) is 9.07. The summed E-state index contributed by atoms with van der Waals surface area (Å²) in [5.41, 5.74) is 1.73. The topological polar surface area (TPSA) is 35.0 Å². The molecule has 1 heterocycles. The molecule has 0 spiro atoms. The third-order valence-electron chi connectivity index (χ3n) is 3.09. The molecular weight excluding hydrogens is 328 g/mol. The van der Waals surface area contributed by atoms with E-state index in [9.17, 15) is 0 Å². The second-order valence-corrected chi connectivity index (χ2v) is 5.80. The number of benzene rings is 1. The van der Waals surface area contributed by atoms with Gasteiger partial charge in [0.05, 0.1) is 12.8 Å². The van der Waals surface area contributed by atoms with Crippen molar-refractivity contribution >= 4 is 27.5 Å². The molecule has 3 nitrogen and oxygen atoms in total. The highest BCUT2D eigenvalue weighted by Gasteiger charge is 2.27. The van der Waals surface area contributed by atoms with E-state index in [4.69, 9.17) is 16.3 Å². The van der Waals surface area contributed by atoms with E-state index in [0.717, 1.165) is 27.4 Å². The van der Waals surface area contributed by atoms with Gasteiger partial charge < -0.3 is 4.74 Å². The maximum atomic E-state index is 6.07. The van der Waals surface area contributed by atoms with Crippen molar-refractivity contribution in [2.75, 3.05) is 7.11 Å². The van der Waals surface area contributed by atoms with Crippen molar-refractivity contribution < 1.29 is 4.74 Å². The van der Waals surface area contributed by atoms with Crippen LogP contribution in [0.5, 0.6) is 5.75 Å². The smallest absolute Gasteiger partial charge is 0.133 e. The molecule has 0 radical (unpaired) electrons. The van der Waals surface area contributed by atoms with Crippen LogP contribution in [0.25, 0.3) is 11.3 Å². The van der Waals surface area contributed by atoms with Crippen molar-refractivity contribution in [3.63, 3.8) is 0 Å². The summed E-state index contributed by atoms with van der Waals surface area (Å²) in [7, 11) is 1.64. The highest BCUT2D eigenvalue weighted by atomic mass is 79.9. The molecule has 2 aromatic rings. The fourth-order valence-electron chi connectivity index (χ4n) is 1.98. The molecule has 0 bridgehead atoms. The van der Waals surface area contributed by atoms with E-state index in [-0.39, 0.29) is 0 Å². The first-order chi connectivity index (χ1) is 9.17. The van der Waals surface area contributed by atoms with Crippen molar-refractivity contribution in [1.82, 2.24) is 9.97 Å². The van der Waals surface area contributed by atoms with Gasteiger partial charge in [0.25, 0.3) is 0 Å². The first-order valence-corrected chi connectivity index (χ1v) is 7.23. The number of aromatic nitrogens is 2. The van der Waals surface area contributed by atoms with Gasteiger partial charge in [0, 0.05) is 16.5 Å². The highest BCUT2D eigenvalue weighted by molar-refractivity contribution is 9.10. The van der Waals surface area contributed by atoms with E-state index < -0.39 is 0 Å². The molecule has 1 fully saturated rings. The fourth-order valence-corrected chi connectivity index (χ4v) is 2.55. The van der Waals surface area contributed by atoms with Crippen LogP contribution in [0.1, 0.15) is 24.6 Å². The van der Waals surface area contributed by atoms with Gasteiger partial charge in [-0.1, -0.05) is 11.6 Å². The van der Waals surface area contributed by atoms with Gasteiger partial charge in [-0.2, -0.15) is 0 Å². The maximum absolute atomic E-state index is 6.07. The summed E-state index contributed by atoms with van der Waals surface area (Å²) in [6.07, 6.45) is 2.34. The minimum atomic E-state index is 0.501. The molecule has 1 aliphatic rings. The van der Waals surface area contributed by atoms with Gasteiger partial charge in [-0.25, -0.2) is 9.97 Å². The Balaban J connectivity index is 2.12. The SMILES string of the molecule is COc1ccc(Cl)cc1-c1cc(Br)nc(C2CC2)n1. The highest BCUT2D eigenvalue weighted by Crippen LogP contribution is 2.40. The minimum Gasteiger partial charge on any atom is -0.496 e. The molecule has 1 aromatic heterocycles. The summed E-state index contributed by atoms with van der Waals surface area (Å²) in [5, 5.41) is 0.665. The van der Waals surface area contributed by atoms with Gasteiger partial charge in [0.2, 0.25) is 0 Å². The van der Waals surface area contributed by atoms with E-state index >= 15 is 0 Å². The van der Waals surface area contributed by atoms with Crippen LogP contribution in [0.15, 0.2) is 28.9 Å². The van der Waals surface area contributed by atoms with E-state index in [1.807, 2.05) is 24.3 Å². The Kier molecular flexibility index (Phi) is 3.46. The summed E-state index contributed by atoms with van der Waals surface area (Å²) >= 11 is 9.51. The Bertz CT molecular complexity index is 629. The van der Waals surface area contributed by atoms with Crippen LogP contribution in [0.2, 0.25) is 5.02 Å². The van der Waals surface area contributed by atoms with Gasteiger partial charge in [-0.15, -0.1) is 0 Å². The molecule has 1 saturated carbocycles. The molecule has 0 N–H and O–H groups in total. The van der Waals surface area contributed by atoms with Crippen molar-refractivity contribution in [2.24, 2.45) is 0 Å². The first-order valence-electron chi connectivity index (χ1n) is 6.06. The Morgan fingerprint density at radius 1 is 1.26 bits per heavy atom. The molecular formula is C14H12BrClN2O. The van der Waals surface area contributed by atoms with Crippen molar-refractivity contribution in [3.8, 4) is 17.0 Å². The zero-order valence-electron chi connectivity index (χ0n) is 10.4. The van der Waals surface area contributed by atoms with E-state index in [2.05, 4.69) is 25.9 Å². The number of hydrogen-bond donors (Lipinski definition) is 0. The van der Waals surface area contributed by atoms with Gasteiger partial charge in [0.15, 0.2) is 0 Å². The first kappa shape index (κ1) is 12.9. The van der Waals surface area contributed by atoms with Crippen molar-refractivity contribution in [1.29, 1.82) is 0 Å². The van der Waals surface area contributed by atoms with Gasteiger partial charge in [0.1, 0.15) is 16.2 Å². The molecule has 1 aliphatic carbocycles. The normalized spacial score (nSPS) is 14.5. The van der Waals surface area contributed by atoms with E-state index in [1.54, 1.807) is 7.11 Å². The zero-order chi connectivity index (χ0) is 13.4. The van der Waals surface area contributed by atoms with Crippen LogP contribution >= 0.6 is 27.5 Å². The van der Waals surface area contributed by atoms with Crippen LogP contribution in [-0.4, -0.2) is 17.1 Å². The van der Waals surface area contributed by atoms with Crippen LogP contribution < -0.4 is 4.74 Å². The Labute approximate surface area is 125 Å². The molecule has 0 amide bonds. The lowest BCUT2D eigenvalue weighted by Gasteiger charge is -2.10. The lowest BCUT2D eigenvalue weighted by atomic mass is 10.1. The Morgan fingerprint density at radius 3 is 2.74 bits per heavy atom. The van der Waals surface area contributed by atoms with Gasteiger partial charge in [-0.3, -0.25) is 0 Å². The van der Waals surface area contributed by atoms with Crippen LogP contribution in [0.4, 0.5) is 0 Å². The van der Waals surface area contributed by atoms with Crippen LogP contribution in [-0.2, 0) is 0 Å². The lowest BCUT2D eigenvalue weighted by Crippen LogP contribution is -1.97. The summed E-state index contributed by atoms with van der Waals surface area (Å²) in [6.45, 7) is 0. The molecule has 0 unspecified atom stereocenters. The molecule has 1 aromatic carbocycles. The molecule has 0 aliphatic heterocycles. The number of rotatable bonds is 3. The molecule has 0 saturated heterocycles. The molecule has 3 rings (SSSR count). The molecule has 19 heavy (non-hydrogen) atoms. The fraction of sp³-hybridized carbons (Fsp3) is 0.286. The number of ether oxygens (including phenoxy) is 1. The second-order valence-electron chi connectivity index (χ2n) is 4.55. The number of hydrogen-bond acceptors (Lipinski definition) is 3. The Morgan fingerprint density at radius 2 is 2.05 bits per heavy atom. The Hall–Kier alpha value is -1.13. The third kappa shape index (κ3) is 2.74. The van der Waals surface area contributed by atoms with Crippen LogP contribution in [0.3, 0.4) is 0 Å². The average Bonchev–Trinajstić information content (AvgIpc) is 3.22. The minimum absolute atomic E-state index is 0.501. The van der Waals surface area contributed by atoms with Crippen LogP contribution in [0, 0.1) is 0 Å². The summed E-state index contributed by atoms with van der Waals surface area (Å²) in [6, 6.07) is 7.41. The predicted octanol–water partition coefficient (Wildman–Crippen LogP) is 4.45. The lowest BCUT2D eigenvalue weighted by molar-refractivity contribution is 0.416. The van der Waals surface area contributed by atoms with Crippen molar-refractivity contribution in [2.45, 2.75) is 18.8 Å². The monoisotopic (exact) mass is 338 g/mol. The largest absolute Gasteiger partial charge is 0.496 e. The van der Waals surface area contributed by atoms with E-state index in [1.165, 1.54) is 12.8 Å². The third-order valence-corrected chi connectivity index (χ3v) is 3.73. The number of halogens is 2. The predicted molar refractivity (Wildman–Crippen MR) is 78.7 cm³/mol. The van der Waals surface area contributed by atoms with Gasteiger partial charge >= 0.3 is 0 Å². The van der Waals surface area contributed by atoms with E-state index in [0.29, 0.717) is 10.9 Å². The van der Waals surface area contributed by atoms with Crippen molar-refractivity contribution in [3.05, 3.63) is 39.7 Å². The molecule has 5 heteroatoms. The maximum Gasteiger partial charge on any atom is 0.133 e. The molecule has 0 atom stereocenters.